The molecule has 0 fully saturated rings. The van der Waals surface area contributed by atoms with Gasteiger partial charge < -0.3 is 69.6 Å². The van der Waals surface area contributed by atoms with Crippen LogP contribution in [0.4, 0.5) is 0 Å². The van der Waals surface area contributed by atoms with Crippen LogP contribution >= 0.6 is 0 Å². The molecule has 7 amide bonds. The zero-order valence-corrected chi connectivity index (χ0v) is 39.1. The summed E-state index contributed by atoms with van der Waals surface area (Å²) in [6.45, 7) is 13.3. The van der Waals surface area contributed by atoms with Gasteiger partial charge in [0.25, 0.3) is 11.8 Å². The number of aliphatic carboxylic acids is 1. The summed E-state index contributed by atoms with van der Waals surface area (Å²) in [6.07, 6.45) is 3.83. The molecule has 0 bridgehead atoms. The van der Waals surface area contributed by atoms with Crippen molar-refractivity contribution in [2.24, 2.45) is 5.92 Å². The molecule has 0 saturated carbocycles. The first-order chi connectivity index (χ1) is 31.8. The lowest BCUT2D eigenvalue weighted by Crippen LogP contribution is -2.57. The molecule has 3 unspecified atom stereocenters. The van der Waals surface area contributed by atoms with Crippen molar-refractivity contribution in [1.29, 1.82) is 0 Å². The molecule has 1 rings (SSSR count). The minimum absolute atomic E-state index is 0.000244. The maximum atomic E-state index is 13.4. The van der Waals surface area contributed by atoms with Crippen LogP contribution in [0.15, 0.2) is 12.2 Å². The molecule has 1 aliphatic heterocycles. The third kappa shape index (κ3) is 30.6. The van der Waals surface area contributed by atoms with Crippen molar-refractivity contribution in [3.63, 3.8) is 0 Å². The zero-order valence-electron chi connectivity index (χ0n) is 39.1. The van der Waals surface area contributed by atoms with E-state index in [1.54, 1.807) is 13.8 Å². The fourth-order valence-electron chi connectivity index (χ4n) is 5.48. The number of nitrogens with zero attached hydrogens (tertiary/aromatic N) is 1. The van der Waals surface area contributed by atoms with Gasteiger partial charge in [-0.3, -0.25) is 43.3 Å². The van der Waals surface area contributed by atoms with E-state index in [-0.39, 0.29) is 51.5 Å². The summed E-state index contributed by atoms with van der Waals surface area (Å²) >= 11 is 0. The summed E-state index contributed by atoms with van der Waals surface area (Å²) in [5.41, 5.74) is 0. The van der Waals surface area contributed by atoms with Gasteiger partial charge in [-0.1, -0.05) is 27.2 Å². The maximum Gasteiger partial charge on any atom is 0.325 e. The van der Waals surface area contributed by atoms with Crippen LogP contribution in [0.2, 0.25) is 0 Å². The summed E-state index contributed by atoms with van der Waals surface area (Å²) in [7, 11) is 0. The summed E-state index contributed by atoms with van der Waals surface area (Å²) in [5, 5.41) is 22.0. The topological polar surface area (TPSA) is 294 Å². The number of carbonyl (C=O) groups is 8. The number of imide groups is 1. The average Bonchev–Trinajstić information content (AvgIpc) is 3.60. The number of carboxylic acids is 1. The third-order valence-corrected chi connectivity index (χ3v) is 9.25. The van der Waals surface area contributed by atoms with Gasteiger partial charge in [-0.05, 0) is 25.7 Å². The van der Waals surface area contributed by atoms with Gasteiger partial charge >= 0.3 is 5.97 Å². The Morgan fingerprint density at radius 3 is 1.44 bits per heavy atom. The van der Waals surface area contributed by atoms with E-state index in [4.69, 9.17) is 37.9 Å². The highest BCUT2D eigenvalue weighted by atomic mass is 16.6. The van der Waals surface area contributed by atoms with Gasteiger partial charge in [-0.15, -0.1) is 0 Å². The first kappa shape index (κ1) is 59.4. The number of amides is 7. The highest BCUT2D eigenvalue weighted by Crippen LogP contribution is 2.08. The number of carbonyl (C=O) groups excluding carboxylic acids is 7. The average molecular weight is 947 g/mol. The number of hydrogen-bond donors (Lipinski definition) is 6. The van der Waals surface area contributed by atoms with Crippen molar-refractivity contribution in [1.82, 2.24) is 31.5 Å². The Kier molecular flexibility index (Phi) is 34.6. The molecule has 3 atom stereocenters. The lowest BCUT2D eigenvalue weighted by Gasteiger charge is -2.26. The number of rotatable bonds is 43. The summed E-state index contributed by atoms with van der Waals surface area (Å²) in [5.74, 6) is -5.56. The first-order valence-corrected chi connectivity index (χ1v) is 22.6. The van der Waals surface area contributed by atoms with Gasteiger partial charge in [0, 0.05) is 51.0 Å². The molecule has 23 heteroatoms. The molecular formula is C43H74N6O17. The van der Waals surface area contributed by atoms with Crippen LogP contribution in [-0.4, -0.2) is 201 Å². The fraction of sp³-hybridized carbons (Fsp3) is 0.767. The SMILES string of the molecule is CCCCNC(=O)CCOCCOCCOCCOCCOCCOCCOCCOCCNC(=O)CCC(NC(=O)CCN1C(=O)C=CC1=O)C(=O)NC(C(=O)NC(C)C(=O)O)C(C)C. The number of hydrogen-bond acceptors (Lipinski definition) is 16. The van der Waals surface area contributed by atoms with Gasteiger partial charge in [0.2, 0.25) is 29.5 Å². The smallest absolute Gasteiger partial charge is 0.325 e. The van der Waals surface area contributed by atoms with Crippen LogP contribution in [-0.2, 0) is 76.3 Å². The first-order valence-electron chi connectivity index (χ1n) is 22.6. The van der Waals surface area contributed by atoms with Crippen molar-refractivity contribution in [2.45, 2.75) is 84.3 Å². The van der Waals surface area contributed by atoms with Crippen LogP contribution in [0.3, 0.4) is 0 Å². The van der Waals surface area contributed by atoms with Crippen LogP contribution in [0.5, 0.6) is 0 Å². The predicted molar refractivity (Wildman–Crippen MR) is 236 cm³/mol. The van der Waals surface area contributed by atoms with E-state index in [1.165, 1.54) is 6.92 Å². The Balaban J connectivity index is 2.13. The third-order valence-electron chi connectivity index (χ3n) is 9.25. The van der Waals surface area contributed by atoms with Gasteiger partial charge in [0.1, 0.15) is 18.1 Å². The second-order valence-corrected chi connectivity index (χ2v) is 15.1. The Bertz CT molecular complexity index is 1450. The van der Waals surface area contributed by atoms with Crippen molar-refractivity contribution in [3.05, 3.63) is 12.2 Å². The normalized spacial score (nSPS) is 13.7. The Morgan fingerprint density at radius 1 is 0.545 bits per heavy atom. The lowest BCUT2D eigenvalue weighted by atomic mass is 10.0. The van der Waals surface area contributed by atoms with Crippen LogP contribution in [0.1, 0.15) is 66.2 Å². The summed E-state index contributed by atoms with van der Waals surface area (Å²) in [6, 6.07) is -3.67. The largest absolute Gasteiger partial charge is 0.480 e. The van der Waals surface area contributed by atoms with E-state index in [9.17, 15) is 43.5 Å². The Morgan fingerprint density at radius 2 is 0.985 bits per heavy atom. The molecule has 0 aromatic carbocycles. The zero-order chi connectivity index (χ0) is 48.8. The van der Waals surface area contributed by atoms with E-state index in [0.717, 1.165) is 29.9 Å². The molecule has 6 N–H and O–H groups in total. The molecule has 23 nitrogen and oxygen atoms in total. The highest BCUT2D eigenvalue weighted by Gasteiger charge is 2.31. The molecule has 66 heavy (non-hydrogen) atoms. The van der Waals surface area contributed by atoms with E-state index < -0.39 is 65.5 Å². The van der Waals surface area contributed by atoms with Gasteiger partial charge in [0.15, 0.2) is 0 Å². The molecule has 0 saturated heterocycles. The Labute approximate surface area is 387 Å². The maximum absolute atomic E-state index is 13.4. The fourth-order valence-corrected chi connectivity index (χ4v) is 5.48. The van der Waals surface area contributed by atoms with E-state index >= 15 is 0 Å². The van der Waals surface area contributed by atoms with E-state index in [1.807, 2.05) is 0 Å². The summed E-state index contributed by atoms with van der Waals surface area (Å²) < 4.78 is 43.7. The quantitative estimate of drug-likeness (QED) is 0.0311. The van der Waals surface area contributed by atoms with Gasteiger partial charge in [0.05, 0.1) is 106 Å². The molecule has 0 aromatic heterocycles. The molecule has 0 radical (unpaired) electrons. The van der Waals surface area contributed by atoms with Crippen molar-refractivity contribution < 1.29 is 81.4 Å². The molecule has 0 aliphatic carbocycles. The Hall–Kier alpha value is -4.62. The van der Waals surface area contributed by atoms with Crippen molar-refractivity contribution in [2.75, 3.05) is 125 Å². The number of ether oxygens (including phenoxy) is 8. The predicted octanol–water partition coefficient (Wildman–Crippen LogP) is -1.15. The standard InChI is InChI=1S/C43H74N6O17/c1-5-6-13-44-36(51)12-16-59-18-20-61-22-24-63-26-28-65-30-31-66-29-27-64-25-23-62-21-19-60-17-14-45-35(50)8-7-34(47-37(52)11-15-49-38(53)9-10-39(49)54)41(55)48-40(32(2)3)42(56)46-33(4)43(57)58/h9-10,32-34,40H,5-8,11-31H2,1-4H3,(H,44,51)(H,45,50)(H,46,56)(H,47,52)(H,48,55)(H,57,58). The van der Waals surface area contributed by atoms with Crippen molar-refractivity contribution >= 4 is 47.3 Å². The molecular weight excluding hydrogens is 872 g/mol. The number of unbranched alkanes of at least 4 members (excludes halogenated alkanes) is 1. The van der Waals surface area contributed by atoms with E-state index in [2.05, 4.69) is 33.5 Å². The molecule has 1 aliphatic rings. The minimum atomic E-state index is -1.29. The number of nitrogens with one attached hydrogen (secondary N) is 5. The molecule has 0 aromatic rings. The second kappa shape index (κ2) is 38.5. The summed E-state index contributed by atoms with van der Waals surface area (Å²) in [4.78, 5) is 99.0. The van der Waals surface area contributed by atoms with E-state index in [0.29, 0.717) is 105 Å². The highest BCUT2D eigenvalue weighted by molar-refractivity contribution is 6.13. The van der Waals surface area contributed by atoms with Gasteiger partial charge in [-0.25, -0.2) is 0 Å². The van der Waals surface area contributed by atoms with Crippen LogP contribution in [0, 0.1) is 5.92 Å². The monoisotopic (exact) mass is 947 g/mol. The molecule has 0 spiro atoms. The number of carboxylic acid groups (broad SMARTS) is 1. The van der Waals surface area contributed by atoms with Gasteiger partial charge in [-0.2, -0.15) is 0 Å². The van der Waals surface area contributed by atoms with Crippen molar-refractivity contribution in [3.8, 4) is 0 Å². The lowest BCUT2D eigenvalue weighted by molar-refractivity contribution is -0.142. The molecule has 1 heterocycles. The second-order valence-electron chi connectivity index (χ2n) is 15.1. The minimum Gasteiger partial charge on any atom is -0.480 e. The molecule has 378 valence electrons. The van der Waals surface area contributed by atoms with Crippen LogP contribution in [0.25, 0.3) is 0 Å². The van der Waals surface area contributed by atoms with Crippen LogP contribution < -0.4 is 26.6 Å².